The van der Waals surface area contributed by atoms with Crippen molar-refractivity contribution in [2.75, 3.05) is 7.11 Å². The molecule has 0 N–H and O–H groups in total. The van der Waals surface area contributed by atoms with Gasteiger partial charge in [-0.25, -0.2) is 17.2 Å². The highest BCUT2D eigenvalue weighted by Gasteiger charge is 2.22. The van der Waals surface area contributed by atoms with E-state index in [-0.39, 0.29) is 5.56 Å². The molecule has 1 aromatic carbocycles. The molecule has 0 atom stereocenters. The topological polar surface area (TPSA) is 43.4 Å². The summed E-state index contributed by atoms with van der Waals surface area (Å²) in [7, 11) is 1.91. The Labute approximate surface area is 104 Å². The zero-order chi connectivity index (χ0) is 13.8. The van der Waals surface area contributed by atoms with Gasteiger partial charge in [-0.05, 0) is 13.0 Å². The summed E-state index contributed by atoms with van der Waals surface area (Å²) < 4.78 is 52.8. The van der Waals surface area contributed by atoms with E-state index in [1.54, 1.807) is 0 Å². The molecule has 0 spiro atoms. The molecule has 7 heteroatoms. The molecule has 0 amide bonds. The Morgan fingerprint density at radius 1 is 1.29 bits per heavy atom. The summed E-state index contributed by atoms with van der Waals surface area (Å²) in [4.78, 5) is -0.597. The molecule has 0 radical (unpaired) electrons. The van der Waals surface area contributed by atoms with E-state index in [1.165, 1.54) is 6.92 Å². The highest BCUT2D eigenvalue weighted by atomic mass is 35.7. The van der Waals surface area contributed by atoms with Gasteiger partial charge < -0.3 is 4.74 Å². The summed E-state index contributed by atoms with van der Waals surface area (Å²) in [6.45, 7) is 5.17. The van der Waals surface area contributed by atoms with Crippen LogP contribution in [0.25, 0.3) is 0 Å². The molecule has 0 aliphatic rings. The van der Waals surface area contributed by atoms with Gasteiger partial charge in [-0.3, -0.25) is 0 Å². The standard InChI is InChI=1S/C8H7ClF2O3S.C2H6/c1-4-6(15(9,12)13)3-5(10)8(14-2)7(4)11;1-2/h3H,1-2H3;1-2H3. The third-order valence-corrected chi connectivity index (χ3v) is 3.29. The van der Waals surface area contributed by atoms with Gasteiger partial charge in [0.1, 0.15) is 0 Å². The van der Waals surface area contributed by atoms with Crippen LogP contribution in [0.15, 0.2) is 11.0 Å². The number of benzene rings is 1. The van der Waals surface area contributed by atoms with E-state index in [2.05, 4.69) is 4.74 Å². The highest BCUT2D eigenvalue weighted by molar-refractivity contribution is 8.13. The minimum atomic E-state index is -4.17. The average molecular weight is 287 g/mol. The Hall–Kier alpha value is -0.880. The maximum atomic E-state index is 13.4. The minimum Gasteiger partial charge on any atom is -0.491 e. The fourth-order valence-electron chi connectivity index (χ4n) is 1.11. The van der Waals surface area contributed by atoms with Gasteiger partial charge in [0.2, 0.25) is 0 Å². The average Bonchev–Trinajstić information content (AvgIpc) is 2.25. The van der Waals surface area contributed by atoms with Crippen molar-refractivity contribution in [1.29, 1.82) is 0 Å². The zero-order valence-corrected chi connectivity index (χ0v) is 11.4. The summed E-state index contributed by atoms with van der Waals surface area (Å²) >= 11 is 0. The van der Waals surface area contributed by atoms with Gasteiger partial charge in [-0.2, -0.15) is 0 Å². The van der Waals surface area contributed by atoms with Crippen molar-refractivity contribution in [3.63, 3.8) is 0 Å². The lowest BCUT2D eigenvalue weighted by atomic mass is 10.2. The molecule has 98 valence electrons. The molecular formula is C10H13ClF2O3S. The lowest BCUT2D eigenvalue weighted by Crippen LogP contribution is -2.02. The van der Waals surface area contributed by atoms with E-state index in [0.29, 0.717) is 6.07 Å². The number of halogens is 3. The van der Waals surface area contributed by atoms with Crippen LogP contribution >= 0.6 is 10.7 Å². The van der Waals surface area contributed by atoms with E-state index in [9.17, 15) is 17.2 Å². The second-order valence-corrected chi connectivity index (χ2v) is 5.30. The van der Waals surface area contributed by atoms with Crippen LogP contribution in [0.1, 0.15) is 19.4 Å². The van der Waals surface area contributed by atoms with Crippen LogP contribution in [0, 0.1) is 18.6 Å². The summed E-state index contributed by atoms with van der Waals surface area (Å²) in [5.41, 5.74) is -0.275. The van der Waals surface area contributed by atoms with Crippen LogP contribution < -0.4 is 4.74 Å². The molecule has 3 nitrogen and oxygen atoms in total. The molecule has 1 rings (SSSR count). The smallest absolute Gasteiger partial charge is 0.261 e. The van der Waals surface area contributed by atoms with E-state index in [1.807, 2.05) is 13.8 Å². The monoisotopic (exact) mass is 286 g/mol. The molecule has 0 saturated carbocycles. The lowest BCUT2D eigenvalue weighted by molar-refractivity contribution is 0.356. The molecule has 17 heavy (non-hydrogen) atoms. The normalized spacial score (nSPS) is 10.5. The first-order chi connectivity index (χ1) is 7.79. The quantitative estimate of drug-likeness (QED) is 0.784. The van der Waals surface area contributed by atoms with Crippen molar-refractivity contribution in [3.8, 4) is 5.75 Å². The first-order valence-electron chi connectivity index (χ1n) is 4.76. The number of hydrogen-bond donors (Lipinski definition) is 0. The molecule has 0 aliphatic carbocycles. The Morgan fingerprint density at radius 3 is 2.12 bits per heavy atom. The van der Waals surface area contributed by atoms with Gasteiger partial charge in [-0.1, -0.05) is 13.8 Å². The van der Waals surface area contributed by atoms with Crippen molar-refractivity contribution in [2.24, 2.45) is 0 Å². The minimum absolute atomic E-state index is 0.275. The molecular weight excluding hydrogens is 274 g/mol. The number of ether oxygens (including phenoxy) is 1. The Kier molecular flexibility index (Phi) is 5.84. The summed E-state index contributed by atoms with van der Waals surface area (Å²) in [5, 5.41) is 0. The van der Waals surface area contributed by atoms with Gasteiger partial charge in [-0.15, -0.1) is 0 Å². The van der Waals surface area contributed by atoms with Crippen LogP contribution in [0.2, 0.25) is 0 Å². The first kappa shape index (κ1) is 16.1. The van der Waals surface area contributed by atoms with E-state index in [4.69, 9.17) is 10.7 Å². The van der Waals surface area contributed by atoms with Crippen LogP contribution in [0.4, 0.5) is 8.78 Å². The van der Waals surface area contributed by atoms with Crippen molar-refractivity contribution in [3.05, 3.63) is 23.3 Å². The Morgan fingerprint density at radius 2 is 1.76 bits per heavy atom. The Bertz CT molecular complexity index is 501. The molecule has 0 unspecified atom stereocenters. The van der Waals surface area contributed by atoms with E-state index < -0.39 is 31.3 Å². The maximum absolute atomic E-state index is 13.4. The van der Waals surface area contributed by atoms with Crippen molar-refractivity contribution >= 4 is 19.7 Å². The number of methoxy groups -OCH3 is 1. The second kappa shape index (κ2) is 6.16. The predicted octanol–water partition coefficient (Wildman–Crippen LogP) is 3.24. The fraction of sp³-hybridized carbons (Fsp3) is 0.400. The largest absolute Gasteiger partial charge is 0.491 e. The van der Waals surface area contributed by atoms with Gasteiger partial charge in [0.05, 0.1) is 12.0 Å². The first-order valence-corrected chi connectivity index (χ1v) is 7.07. The molecule has 0 bridgehead atoms. The predicted molar refractivity (Wildman–Crippen MR) is 62.0 cm³/mol. The lowest BCUT2D eigenvalue weighted by Gasteiger charge is -2.08. The molecule has 0 saturated heterocycles. The molecule has 0 aliphatic heterocycles. The van der Waals surface area contributed by atoms with Crippen LogP contribution in [-0.4, -0.2) is 15.5 Å². The SMILES string of the molecule is CC.COc1c(F)cc(S(=O)(=O)Cl)c(C)c1F. The Balaban J connectivity index is 0.00000121. The molecule has 0 fully saturated rings. The number of hydrogen-bond acceptors (Lipinski definition) is 3. The summed E-state index contributed by atoms with van der Waals surface area (Å²) in [6, 6.07) is 0.625. The number of rotatable bonds is 2. The van der Waals surface area contributed by atoms with E-state index in [0.717, 1.165) is 7.11 Å². The summed E-state index contributed by atoms with van der Waals surface area (Å²) in [5.74, 6) is -2.81. The molecule has 0 aromatic heterocycles. The van der Waals surface area contributed by atoms with Crippen LogP contribution in [-0.2, 0) is 9.05 Å². The molecule has 1 aromatic rings. The van der Waals surface area contributed by atoms with Crippen LogP contribution in [0.5, 0.6) is 5.75 Å². The van der Waals surface area contributed by atoms with Crippen molar-refractivity contribution in [1.82, 2.24) is 0 Å². The highest BCUT2D eigenvalue weighted by Crippen LogP contribution is 2.30. The zero-order valence-electron chi connectivity index (χ0n) is 9.84. The summed E-state index contributed by atoms with van der Waals surface area (Å²) in [6.07, 6.45) is 0. The van der Waals surface area contributed by atoms with Crippen LogP contribution in [0.3, 0.4) is 0 Å². The van der Waals surface area contributed by atoms with Crippen molar-refractivity contribution in [2.45, 2.75) is 25.7 Å². The maximum Gasteiger partial charge on any atom is 0.261 e. The second-order valence-electron chi connectivity index (χ2n) is 2.77. The van der Waals surface area contributed by atoms with Gasteiger partial charge in [0.15, 0.2) is 17.4 Å². The third kappa shape index (κ3) is 3.54. The molecule has 0 heterocycles. The van der Waals surface area contributed by atoms with Crippen molar-refractivity contribution < 1.29 is 21.9 Å². The van der Waals surface area contributed by atoms with Gasteiger partial charge >= 0.3 is 0 Å². The fourth-order valence-corrected chi connectivity index (χ4v) is 2.29. The van der Waals surface area contributed by atoms with E-state index >= 15 is 0 Å². The van der Waals surface area contributed by atoms with Gasteiger partial charge in [0, 0.05) is 16.2 Å². The van der Waals surface area contributed by atoms with Gasteiger partial charge in [0.25, 0.3) is 9.05 Å². The third-order valence-electron chi connectivity index (χ3n) is 1.84.